The van der Waals surface area contributed by atoms with Crippen LogP contribution in [-0.4, -0.2) is 32.4 Å². The zero-order valence-corrected chi connectivity index (χ0v) is 19.5. The molecule has 1 aromatic heterocycles. The second-order valence-corrected chi connectivity index (χ2v) is 8.41. The molecule has 1 aliphatic heterocycles. The fourth-order valence-corrected chi connectivity index (χ4v) is 4.42. The quantitative estimate of drug-likeness (QED) is 0.433. The number of rotatable bonds is 8. The Bertz CT molecular complexity index is 1170. The van der Waals surface area contributed by atoms with Crippen molar-refractivity contribution in [3.8, 4) is 17.2 Å². The van der Waals surface area contributed by atoms with E-state index in [1.807, 2.05) is 24.3 Å². The molecule has 170 valence electrons. The first kappa shape index (κ1) is 22.5. The van der Waals surface area contributed by atoms with E-state index in [2.05, 4.69) is 11.8 Å². The van der Waals surface area contributed by atoms with E-state index in [-0.39, 0.29) is 5.63 Å². The van der Waals surface area contributed by atoms with Gasteiger partial charge in [-0.2, -0.15) is 0 Å². The topological polar surface area (TPSA) is 61.1 Å². The van der Waals surface area contributed by atoms with Crippen LogP contribution < -0.4 is 19.8 Å². The lowest BCUT2D eigenvalue weighted by Gasteiger charge is -2.30. The Morgan fingerprint density at radius 3 is 2.66 bits per heavy atom. The van der Waals surface area contributed by atoms with Crippen molar-refractivity contribution in [3.63, 3.8) is 0 Å². The Labute approximate surface area is 192 Å². The molecule has 7 heteroatoms. The molecule has 0 aliphatic carbocycles. The Balaban J connectivity index is 1.59. The second kappa shape index (κ2) is 9.84. The van der Waals surface area contributed by atoms with Crippen LogP contribution in [-0.2, 0) is 19.4 Å². The molecule has 0 amide bonds. The predicted molar refractivity (Wildman–Crippen MR) is 125 cm³/mol. The number of aryl methyl sites for hydroxylation is 1. The standard InChI is InChI=1S/C25H28ClNO5/c1-4-5-6-17-12-23(28)32-24-18(17)13-20(26)25-19(24)14-27(15-31-25)10-9-16-7-8-21(29-2)22(11-16)30-3/h7-8,11-13H,4-6,9-10,14-15H2,1-3H3. The summed E-state index contributed by atoms with van der Waals surface area (Å²) in [7, 11) is 3.26. The number of hydrogen-bond donors (Lipinski definition) is 0. The van der Waals surface area contributed by atoms with Gasteiger partial charge in [-0.05, 0) is 48.6 Å². The number of fused-ring (bicyclic) bond motifs is 3. The van der Waals surface area contributed by atoms with E-state index in [0.29, 0.717) is 41.1 Å². The number of nitrogens with zero attached hydrogens (tertiary/aromatic N) is 1. The highest BCUT2D eigenvalue weighted by Crippen LogP contribution is 2.39. The number of ether oxygens (including phenoxy) is 3. The van der Waals surface area contributed by atoms with E-state index in [1.54, 1.807) is 20.3 Å². The summed E-state index contributed by atoms with van der Waals surface area (Å²) in [6, 6.07) is 9.38. The summed E-state index contributed by atoms with van der Waals surface area (Å²) in [4.78, 5) is 14.4. The van der Waals surface area contributed by atoms with Gasteiger partial charge in [-0.1, -0.05) is 31.0 Å². The summed E-state index contributed by atoms with van der Waals surface area (Å²) < 4.78 is 22.4. The highest BCUT2D eigenvalue weighted by atomic mass is 35.5. The molecule has 3 aromatic rings. The van der Waals surface area contributed by atoms with Crippen molar-refractivity contribution in [2.45, 2.75) is 39.2 Å². The van der Waals surface area contributed by atoms with Crippen molar-refractivity contribution in [1.29, 1.82) is 0 Å². The van der Waals surface area contributed by atoms with Gasteiger partial charge in [0.25, 0.3) is 0 Å². The van der Waals surface area contributed by atoms with Crippen molar-refractivity contribution < 1.29 is 18.6 Å². The molecular weight excluding hydrogens is 430 g/mol. The molecule has 4 rings (SSSR count). The minimum absolute atomic E-state index is 0.337. The van der Waals surface area contributed by atoms with E-state index in [0.717, 1.165) is 54.3 Å². The van der Waals surface area contributed by atoms with E-state index in [9.17, 15) is 4.79 Å². The molecule has 0 N–H and O–H groups in total. The summed E-state index contributed by atoms with van der Waals surface area (Å²) in [6.45, 7) is 3.92. The first-order chi connectivity index (χ1) is 15.5. The average molecular weight is 458 g/mol. The first-order valence-corrected chi connectivity index (χ1v) is 11.3. The molecular formula is C25H28ClNO5. The molecule has 0 spiro atoms. The third-order valence-corrected chi connectivity index (χ3v) is 6.14. The van der Waals surface area contributed by atoms with E-state index < -0.39 is 0 Å². The molecule has 0 saturated heterocycles. The van der Waals surface area contributed by atoms with Gasteiger partial charge >= 0.3 is 5.63 Å². The molecule has 2 aromatic carbocycles. The van der Waals surface area contributed by atoms with Gasteiger partial charge < -0.3 is 18.6 Å². The molecule has 0 fully saturated rings. The molecule has 0 unspecified atom stereocenters. The van der Waals surface area contributed by atoms with Crippen molar-refractivity contribution >= 4 is 22.6 Å². The fourth-order valence-electron chi connectivity index (χ4n) is 4.14. The van der Waals surface area contributed by atoms with Crippen molar-refractivity contribution in [2.24, 2.45) is 0 Å². The third-order valence-electron chi connectivity index (χ3n) is 5.86. The molecule has 2 heterocycles. The van der Waals surface area contributed by atoms with E-state index in [1.165, 1.54) is 0 Å². The number of unbranched alkanes of at least 4 members (excludes halogenated alkanes) is 1. The van der Waals surface area contributed by atoms with Crippen LogP contribution in [0, 0.1) is 0 Å². The van der Waals surface area contributed by atoms with Gasteiger partial charge in [0.15, 0.2) is 11.5 Å². The minimum Gasteiger partial charge on any atom is -0.493 e. The van der Waals surface area contributed by atoms with Crippen LogP contribution in [0.5, 0.6) is 17.2 Å². The lowest BCUT2D eigenvalue weighted by atomic mass is 10.0. The van der Waals surface area contributed by atoms with Gasteiger partial charge in [-0.25, -0.2) is 4.79 Å². The van der Waals surface area contributed by atoms with Crippen LogP contribution in [0.1, 0.15) is 36.5 Å². The molecule has 0 radical (unpaired) electrons. The third kappa shape index (κ3) is 4.57. The number of halogens is 1. The lowest BCUT2D eigenvalue weighted by Crippen LogP contribution is -2.34. The van der Waals surface area contributed by atoms with Crippen LogP contribution >= 0.6 is 11.6 Å². The number of methoxy groups -OCH3 is 2. The van der Waals surface area contributed by atoms with Gasteiger partial charge in [-0.15, -0.1) is 0 Å². The maximum Gasteiger partial charge on any atom is 0.336 e. The molecule has 0 bridgehead atoms. The number of benzene rings is 2. The SMILES string of the molecule is CCCCc1cc(=O)oc2c3c(c(Cl)cc12)OCN(CCc1ccc(OC)c(OC)c1)C3. The van der Waals surface area contributed by atoms with Crippen LogP contribution in [0.4, 0.5) is 0 Å². The number of hydrogen-bond acceptors (Lipinski definition) is 6. The maximum absolute atomic E-state index is 12.3. The van der Waals surface area contributed by atoms with Crippen molar-refractivity contribution in [3.05, 3.63) is 62.5 Å². The van der Waals surface area contributed by atoms with Crippen LogP contribution in [0.3, 0.4) is 0 Å². The average Bonchev–Trinajstić information content (AvgIpc) is 2.81. The van der Waals surface area contributed by atoms with Gasteiger partial charge in [0, 0.05) is 24.5 Å². The van der Waals surface area contributed by atoms with Crippen molar-refractivity contribution in [2.75, 3.05) is 27.5 Å². The summed E-state index contributed by atoms with van der Waals surface area (Å²) in [5.41, 5.74) is 3.19. The van der Waals surface area contributed by atoms with Crippen molar-refractivity contribution in [1.82, 2.24) is 4.90 Å². The molecule has 32 heavy (non-hydrogen) atoms. The molecule has 0 atom stereocenters. The Kier molecular flexibility index (Phi) is 6.92. The predicted octanol–water partition coefficient (Wildman–Crippen LogP) is 5.20. The summed E-state index contributed by atoms with van der Waals surface area (Å²) in [6.07, 6.45) is 3.68. The smallest absolute Gasteiger partial charge is 0.336 e. The van der Waals surface area contributed by atoms with Gasteiger partial charge in [0.05, 0.1) is 24.8 Å². The fraction of sp³-hybridized carbons (Fsp3) is 0.400. The highest BCUT2D eigenvalue weighted by molar-refractivity contribution is 6.33. The van der Waals surface area contributed by atoms with E-state index in [4.69, 9.17) is 30.2 Å². The zero-order chi connectivity index (χ0) is 22.7. The Morgan fingerprint density at radius 2 is 1.91 bits per heavy atom. The summed E-state index contributed by atoms with van der Waals surface area (Å²) in [5, 5.41) is 1.45. The molecule has 0 saturated carbocycles. The maximum atomic E-state index is 12.3. The Hall–Kier alpha value is -2.70. The van der Waals surface area contributed by atoms with E-state index >= 15 is 0 Å². The van der Waals surface area contributed by atoms with Gasteiger partial charge in [-0.3, -0.25) is 4.90 Å². The minimum atomic E-state index is -0.337. The monoisotopic (exact) mass is 457 g/mol. The Morgan fingerprint density at radius 1 is 1.09 bits per heavy atom. The largest absolute Gasteiger partial charge is 0.493 e. The van der Waals surface area contributed by atoms with Crippen LogP contribution in [0.15, 0.2) is 39.5 Å². The zero-order valence-electron chi connectivity index (χ0n) is 18.7. The summed E-state index contributed by atoms with van der Waals surface area (Å²) in [5.74, 6) is 2.03. The van der Waals surface area contributed by atoms with Crippen LogP contribution in [0.25, 0.3) is 11.0 Å². The van der Waals surface area contributed by atoms with Crippen LogP contribution in [0.2, 0.25) is 5.02 Å². The van der Waals surface area contributed by atoms with Gasteiger partial charge in [0.2, 0.25) is 0 Å². The highest BCUT2D eigenvalue weighted by Gasteiger charge is 2.25. The van der Waals surface area contributed by atoms with Gasteiger partial charge in [0.1, 0.15) is 18.1 Å². The molecule has 1 aliphatic rings. The lowest BCUT2D eigenvalue weighted by molar-refractivity contribution is 0.0968. The summed E-state index contributed by atoms with van der Waals surface area (Å²) >= 11 is 6.56. The normalized spacial score (nSPS) is 13.6. The first-order valence-electron chi connectivity index (χ1n) is 10.9. The second-order valence-electron chi connectivity index (χ2n) is 8.00. The molecule has 6 nitrogen and oxygen atoms in total.